The van der Waals surface area contributed by atoms with Gasteiger partial charge in [0.25, 0.3) is 10.0 Å². The highest BCUT2D eigenvalue weighted by Gasteiger charge is 2.24. The molecule has 20 heavy (non-hydrogen) atoms. The van der Waals surface area contributed by atoms with E-state index in [1.54, 1.807) is 6.92 Å². The van der Waals surface area contributed by atoms with Crippen LogP contribution < -0.4 is 4.72 Å². The molecular formula is C11H11N3O5S. The van der Waals surface area contributed by atoms with Crippen LogP contribution in [0.15, 0.2) is 33.7 Å². The van der Waals surface area contributed by atoms with E-state index in [-0.39, 0.29) is 22.3 Å². The highest BCUT2D eigenvalue weighted by Crippen LogP contribution is 2.19. The fourth-order valence-electron chi connectivity index (χ4n) is 1.49. The largest absolute Gasteiger partial charge is 0.465 e. The van der Waals surface area contributed by atoms with E-state index in [9.17, 15) is 13.2 Å². The molecule has 1 aromatic heterocycles. The summed E-state index contributed by atoms with van der Waals surface area (Å²) in [6, 6.07) is 5.36. The number of aromatic nitrogens is 2. The zero-order valence-corrected chi connectivity index (χ0v) is 11.5. The number of aryl methyl sites for hydroxylation is 1. The monoisotopic (exact) mass is 297 g/mol. The van der Waals surface area contributed by atoms with Gasteiger partial charge >= 0.3 is 12.0 Å². The lowest BCUT2D eigenvalue weighted by molar-refractivity contribution is 0.0596. The molecule has 0 aliphatic rings. The number of sulfonamides is 1. The van der Waals surface area contributed by atoms with Crippen LogP contribution in [0.3, 0.4) is 0 Å². The van der Waals surface area contributed by atoms with Gasteiger partial charge in [-0.15, -0.1) is 0 Å². The Balaban J connectivity index is 2.42. The molecule has 0 fully saturated rings. The molecule has 1 heterocycles. The molecule has 2 aromatic rings. The summed E-state index contributed by atoms with van der Waals surface area (Å²) in [4.78, 5) is 15.1. The van der Waals surface area contributed by atoms with Crippen LogP contribution in [0, 0.1) is 6.92 Å². The Morgan fingerprint density at radius 3 is 2.65 bits per heavy atom. The van der Waals surface area contributed by atoms with Crippen molar-refractivity contribution >= 4 is 22.0 Å². The van der Waals surface area contributed by atoms with Gasteiger partial charge in [-0.1, -0.05) is 17.3 Å². The maximum atomic E-state index is 12.2. The zero-order valence-electron chi connectivity index (χ0n) is 10.7. The molecule has 0 radical (unpaired) electrons. The summed E-state index contributed by atoms with van der Waals surface area (Å²) in [5.74, 6) is -0.475. The molecule has 0 aliphatic carbocycles. The second-order valence-electron chi connectivity index (χ2n) is 3.74. The summed E-state index contributed by atoms with van der Waals surface area (Å²) in [5.41, 5.74) is -0.0845. The van der Waals surface area contributed by atoms with Crippen molar-refractivity contribution in [3.05, 3.63) is 35.7 Å². The van der Waals surface area contributed by atoms with E-state index in [1.165, 1.54) is 31.4 Å². The van der Waals surface area contributed by atoms with Crippen molar-refractivity contribution in [1.29, 1.82) is 0 Å². The summed E-state index contributed by atoms with van der Waals surface area (Å²) in [6.45, 7) is 1.55. The van der Waals surface area contributed by atoms with Crippen LogP contribution in [0.4, 0.5) is 6.01 Å². The average molecular weight is 297 g/mol. The van der Waals surface area contributed by atoms with E-state index >= 15 is 0 Å². The van der Waals surface area contributed by atoms with Crippen molar-refractivity contribution in [2.45, 2.75) is 11.8 Å². The van der Waals surface area contributed by atoms with Crippen molar-refractivity contribution in [2.24, 2.45) is 0 Å². The predicted molar refractivity (Wildman–Crippen MR) is 67.6 cm³/mol. The van der Waals surface area contributed by atoms with Crippen molar-refractivity contribution in [1.82, 2.24) is 10.1 Å². The first-order valence-electron chi connectivity index (χ1n) is 5.44. The van der Waals surface area contributed by atoms with Crippen molar-refractivity contribution in [3.8, 4) is 0 Å². The maximum Gasteiger partial charge on any atom is 0.339 e. The topological polar surface area (TPSA) is 111 Å². The van der Waals surface area contributed by atoms with E-state index in [0.717, 1.165) is 0 Å². The van der Waals surface area contributed by atoms with Gasteiger partial charge in [0.2, 0.25) is 0 Å². The van der Waals surface area contributed by atoms with E-state index in [1.807, 2.05) is 0 Å². The molecule has 0 unspecified atom stereocenters. The van der Waals surface area contributed by atoms with Gasteiger partial charge in [-0.2, -0.15) is 4.98 Å². The van der Waals surface area contributed by atoms with Crippen molar-refractivity contribution < 1.29 is 22.5 Å². The van der Waals surface area contributed by atoms with E-state index < -0.39 is 16.0 Å². The summed E-state index contributed by atoms with van der Waals surface area (Å²) in [7, 11) is -2.87. The van der Waals surface area contributed by atoms with Crippen LogP contribution in [0.25, 0.3) is 0 Å². The molecule has 0 aliphatic heterocycles. The summed E-state index contributed by atoms with van der Waals surface area (Å²) < 4.78 is 35.7. The Hall–Kier alpha value is -2.42. The highest BCUT2D eigenvalue weighted by molar-refractivity contribution is 7.92. The molecule has 0 bridgehead atoms. The lowest BCUT2D eigenvalue weighted by atomic mass is 10.2. The number of methoxy groups -OCH3 is 1. The second kappa shape index (κ2) is 5.29. The van der Waals surface area contributed by atoms with Gasteiger partial charge in [-0.05, 0) is 19.1 Å². The third-order valence-electron chi connectivity index (χ3n) is 2.33. The van der Waals surface area contributed by atoms with Gasteiger partial charge in [0.15, 0.2) is 5.82 Å². The van der Waals surface area contributed by atoms with Crippen LogP contribution in [0.1, 0.15) is 16.2 Å². The molecule has 0 atom stereocenters. The first kappa shape index (κ1) is 14.0. The number of nitrogens with zero attached hydrogens (tertiary/aromatic N) is 2. The van der Waals surface area contributed by atoms with Crippen LogP contribution in [0.2, 0.25) is 0 Å². The quantitative estimate of drug-likeness (QED) is 0.836. The Bertz CT molecular complexity index is 738. The fourth-order valence-corrected chi connectivity index (χ4v) is 2.61. The number of ether oxygens (including phenoxy) is 1. The first-order chi connectivity index (χ1) is 9.44. The van der Waals surface area contributed by atoms with Gasteiger partial charge in [0.05, 0.1) is 12.7 Å². The van der Waals surface area contributed by atoms with Gasteiger partial charge < -0.3 is 9.26 Å². The Kier molecular flexibility index (Phi) is 3.70. The Labute approximate surface area is 114 Å². The number of anilines is 1. The van der Waals surface area contributed by atoms with Crippen LogP contribution in [-0.2, 0) is 14.8 Å². The van der Waals surface area contributed by atoms with Gasteiger partial charge in [-0.3, -0.25) is 0 Å². The molecule has 2 rings (SSSR count). The predicted octanol–water partition coefficient (Wildman–Crippen LogP) is 0.965. The van der Waals surface area contributed by atoms with E-state index in [0.29, 0.717) is 0 Å². The number of carbonyl (C=O) groups excluding carboxylic acids is 1. The smallest absolute Gasteiger partial charge is 0.339 e. The molecular weight excluding hydrogens is 286 g/mol. The number of hydrogen-bond donors (Lipinski definition) is 1. The lowest BCUT2D eigenvalue weighted by Crippen LogP contribution is -2.17. The minimum atomic E-state index is -4.03. The SMILES string of the molecule is COC(=O)c1ccccc1S(=O)(=O)Nc1nc(C)no1. The van der Waals surface area contributed by atoms with Gasteiger partial charge in [0.1, 0.15) is 4.90 Å². The third kappa shape index (κ3) is 2.77. The maximum absolute atomic E-state index is 12.2. The fraction of sp³-hybridized carbons (Fsp3) is 0.182. The van der Waals surface area contributed by atoms with Gasteiger partial charge in [0, 0.05) is 0 Å². The number of nitrogens with one attached hydrogen (secondary N) is 1. The standard InChI is InChI=1S/C11H11N3O5S/c1-7-12-11(19-13-7)14-20(16,17)9-6-4-3-5-8(9)10(15)18-2/h3-6H,1-2H3,(H,12,13,14). The zero-order chi connectivity index (χ0) is 14.8. The number of benzene rings is 1. The minimum Gasteiger partial charge on any atom is -0.465 e. The van der Waals surface area contributed by atoms with Crippen LogP contribution >= 0.6 is 0 Å². The van der Waals surface area contributed by atoms with Gasteiger partial charge in [-0.25, -0.2) is 17.9 Å². The molecule has 0 spiro atoms. The molecule has 0 saturated heterocycles. The molecule has 1 N–H and O–H groups in total. The molecule has 8 nitrogen and oxygen atoms in total. The van der Waals surface area contributed by atoms with Crippen LogP contribution in [0.5, 0.6) is 0 Å². The average Bonchev–Trinajstić information content (AvgIpc) is 2.82. The summed E-state index contributed by atoms with van der Waals surface area (Å²) >= 11 is 0. The number of esters is 1. The number of carbonyl (C=O) groups is 1. The van der Waals surface area contributed by atoms with E-state index in [2.05, 4.69) is 24.1 Å². The highest BCUT2D eigenvalue weighted by atomic mass is 32.2. The second-order valence-corrected chi connectivity index (χ2v) is 5.39. The molecule has 1 aromatic carbocycles. The third-order valence-corrected chi connectivity index (χ3v) is 3.71. The lowest BCUT2D eigenvalue weighted by Gasteiger charge is -2.08. The molecule has 0 amide bonds. The van der Waals surface area contributed by atoms with Crippen LogP contribution in [-0.4, -0.2) is 31.6 Å². The first-order valence-corrected chi connectivity index (χ1v) is 6.93. The summed E-state index contributed by atoms with van der Waals surface area (Å²) in [5, 5.41) is 3.46. The Morgan fingerprint density at radius 2 is 2.05 bits per heavy atom. The van der Waals surface area contributed by atoms with Crippen molar-refractivity contribution in [3.63, 3.8) is 0 Å². The number of hydrogen-bond acceptors (Lipinski definition) is 7. The molecule has 106 valence electrons. The normalized spacial score (nSPS) is 11.1. The minimum absolute atomic E-state index is 0.0845. The number of rotatable bonds is 4. The Morgan fingerprint density at radius 1 is 1.35 bits per heavy atom. The summed E-state index contributed by atoms with van der Waals surface area (Å²) in [6.07, 6.45) is 0. The molecule has 0 saturated carbocycles. The van der Waals surface area contributed by atoms with E-state index in [4.69, 9.17) is 0 Å². The van der Waals surface area contributed by atoms with Crippen molar-refractivity contribution in [2.75, 3.05) is 11.8 Å². The molecule has 9 heteroatoms.